The van der Waals surface area contributed by atoms with Gasteiger partial charge in [0.1, 0.15) is 0 Å². The third-order valence-electron chi connectivity index (χ3n) is 8.58. The van der Waals surface area contributed by atoms with Crippen molar-refractivity contribution in [1.82, 2.24) is 4.98 Å². The number of anilines is 3. The highest BCUT2D eigenvalue weighted by Gasteiger charge is 2.38. The van der Waals surface area contributed by atoms with Gasteiger partial charge in [-0.25, -0.2) is 0 Å². The number of pyridine rings is 1. The molecule has 2 heteroatoms. The molecule has 4 aromatic carbocycles. The summed E-state index contributed by atoms with van der Waals surface area (Å²) >= 11 is 0. The van der Waals surface area contributed by atoms with Crippen molar-refractivity contribution in [1.29, 1.82) is 0 Å². The van der Waals surface area contributed by atoms with E-state index in [9.17, 15) is 0 Å². The van der Waals surface area contributed by atoms with Crippen LogP contribution >= 0.6 is 0 Å². The van der Waals surface area contributed by atoms with Crippen molar-refractivity contribution in [3.8, 4) is 22.3 Å². The summed E-state index contributed by atoms with van der Waals surface area (Å²) in [6.07, 6.45) is 5.92. The summed E-state index contributed by atoms with van der Waals surface area (Å²) in [6.45, 7) is 0. The monoisotopic (exact) mass is 446 g/mol. The van der Waals surface area contributed by atoms with Gasteiger partial charge in [0.15, 0.2) is 0 Å². The molecular weight excluding hydrogens is 424 g/mol. The van der Waals surface area contributed by atoms with Crippen molar-refractivity contribution >= 4 is 17.1 Å². The Morgan fingerprint density at radius 1 is 0.514 bits per heavy atom. The normalized spacial score (nSPS) is 14.9. The smallest absolute Gasteiger partial charge is 0.0716 e. The topological polar surface area (TPSA) is 16.1 Å². The lowest BCUT2D eigenvalue weighted by atomic mass is 9.84. The molecule has 0 spiro atoms. The Hall–Kier alpha value is -4.17. The summed E-state index contributed by atoms with van der Waals surface area (Å²) in [7, 11) is 0. The highest BCUT2D eigenvalue weighted by atomic mass is 15.2. The van der Waals surface area contributed by atoms with Gasteiger partial charge in [-0.1, -0.05) is 66.7 Å². The van der Waals surface area contributed by atoms with E-state index in [4.69, 9.17) is 4.98 Å². The highest BCUT2D eigenvalue weighted by Crippen LogP contribution is 2.56. The quantitative estimate of drug-likeness (QED) is 0.240. The van der Waals surface area contributed by atoms with E-state index < -0.39 is 0 Å². The summed E-state index contributed by atoms with van der Waals surface area (Å²) in [6, 6.07) is 29.6. The van der Waals surface area contributed by atoms with E-state index in [1.807, 2.05) is 6.20 Å². The van der Waals surface area contributed by atoms with E-state index in [2.05, 4.69) is 83.8 Å². The number of fused-ring (bicyclic) bond motifs is 12. The van der Waals surface area contributed by atoms with Crippen molar-refractivity contribution < 1.29 is 0 Å². The largest absolute Gasteiger partial charge is 0.307 e. The molecule has 3 heterocycles. The number of aromatic nitrogens is 1. The molecule has 0 fully saturated rings. The molecular formula is C33H22N2. The Morgan fingerprint density at radius 2 is 1.26 bits per heavy atom. The molecule has 2 aliphatic heterocycles. The summed E-state index contributed by atoms with van der Waals surface area (Å²) in [5.41, 5.74) is 21.0. The minimum Gasteiger partial charge on any atom is -0.307 e. The average molecular weight is 447 g/mol. The van der Waals surface area contributed by atoms with Gasteiger partial charge < -0.3 is 4.90 Å². The molecule has 9 rings (SSSR count). The molecule has 1 aromatic heterocycles. The average Bonchev–Trinajstić information content (AvgIpc) is 3.47. The number of nitrogens with zero attached hydrogens (tertiary/aromatic N) is 2. The van der Waals surface area contributed by atoms with E-state index in [1.54, 1.807) is 0 Å². The molecule has 0 N–H and O–H groups in total. The third-order valence-corrected chi connectivity index (χ3v) is 8.58. The summed E-state index contributed by atoms with van der Waals surface area (Å²) in [5, 5.41) is 0. The molecule has 164 valence electrons. The van der Waals surface area contributed by atoms with E-state index >= 15 is 0 Å². The molecule has 0 saturated carbocycles. The van der Waals surface area contributed by atoms with Crippen LogP contribution in [0.4, 0.5) is 17.1 Å². The van der Waals surface area contributed by atoms with Gasteiger partial charge in [0.25, 0.3) is 0 Å². The first-order chi connectivity index (χ1) is 17.3. The number of hydrogen-bond donors (Lipinski definition) is 0. The maximum Gasteiger partial charge on any atom is 0.0716 e. The molecule has 4 aliphatic rings. The Bertz CT molecular complexity index is 1760. The van der Waals surface area contributed by atoms with Crippen LogP contribution in [0.15, 0.2) is 85.1 Å². The molecule has 0 unspecified atom stereocenters. The van der Waals surface area contributed by atoms with Crippen LogP contribution in [0, 0.1) is 0 Å². The van der Waals surface area contributed by atoms with Crippen LogP contribution in [0.2, 0.25) is 0 Å². The van der Waals surface area contributed by atoms with Gasteiger partial charge in [-0.2, -0.15) is 0 Å². The molecule has 0 saturated heterocycles. The summed E-state index contributed by atoms with van der Waals surface area (Å²) < 4.78 is 0. The fraction of sp³-hybridized carbons (Fsp3) is 0.121. The summed E-state index contributed by atoms with van der Waals surface area (Å²) in [5.74, 6) is 0. The van der Waals surface area contributed by atoms with Gasteiger partial charge in [0, 0.05) is 25.5 Å². The minimum absolute atomic E-state index is 0.900. The Balaban J connectivity index is 1.36. The fourth-order valence-corrected chi connectivity index (χ4v) is 7.16. The zero-order valence-corrected chi connectivity index (χ0v) is 19.3. The Morgan fingerprint density at radius 3 is 2.17 bits per heavy atom. The van der Waals surface area contributed by atoms with Gasteiger partial charge in [-0.3, -0.25) is 4.98 Å². The maximum atomic E-state index is 4.96. The second kappa shape index (κ2) is 6.28. The minimum atomic E-state index is 0.900. The standard InChI is InChI=1S/C33H22N2/c1-3-7-24-20(6-1)17-27-26(24)11-9-22-16-23-13-14-34-29-18-28-30(35(32(22)27)33(23)29)12-10-21-15-19-5-2-4-8-25(19)31(21)28/h1-14H,15-18H2. The zero-order chi connectivity index (χ0) is 22.7. The van der Waals surface area contributed by atoms with Crippen molar-refractivity contribution in [2.75, 3.05) is 4.90 Å². The Kier molecular flexibility index (Phi) is 3.27. The lowest BCUT2D eigenvalue weighted by Crippen LogP contribution is -2.27. The van der Waals surface area contributed by atoms with E-state index in [1.165, 1.54) is 84.0 Å². The van der Waals surface area contributed by atoms with Crippen LogP contribution in [0.3, 0.4) is 0 Å². The molecule has 5 aromatic rings. The SMILES string of the molecule is c1ccc2c(c1)Cc1c-2ccc2c1N1c3ccc4c(c3Cc3nccc(c31)C2)-c1ccccc1C4. The molecule has 0 atom stereocenters. The van der Waals surface area contributed by atoms with Crippen LogP contribution < -0.4 is 4.90 Å². The molecule has 0 bridgehead atoms. The van der Waals surface area contributed by atoms with Gasteiger partial charge in [0.05, 0.1) is 22.8 Å². The maximum absolute atomic E-state index is 4.96. The van der Waals surface area contributed by atoms with Gasteiger partial charge in [-0.15, -0.1) is 0 Å². The molecule has 35 heavy (non-hydrogen) atoms. The van der Waals surface area contributed by atoms with Crippen molar-refractivity contribution in [2.24, 2.45) is 0 Å². The van der Waals surface area contributed by atoms with Crippen molar-refractivity contribution in [3.63, 3.8) is 0 Å². The fourth-order valence-electron chi connectivity index (χ4n) is 7.16. The van der Waals surface area contributed by atoms with Crippen LogP contribution in [0.1, 0.15) is 44.6 Å². The van der Waals surface area contributed by atoms with E-state index in [0.29, 0.717) is 0 Å². The Labute approximate surface area is 204 Å². The zero-order valence-electron chi connectivity index (χ0n) is 19.3. The van der Waals surface area contributed by atoms with Crippen molar-refractivity contribution in [2.45, 2.75) is 25.7 Å². The lowest BCUT2D eigenvalue weighted by molar-refractivity contribution is 0.954. The van der Waals surface area contributed by atoms with Crippen LogP contribution in [0.5, 0.6) is 0 Å². The summed E-state index contributed by atoms with van der Waals surface area (Å²) in [4.78, 5) is 7.54. The van der Waals surface area contributed by atoms with Gasteiger partial charge in [-0.05, 0) is 79.8 Å². The van der Waals surface area contributed by atoms with E-state index in [-0.39, 0.29) is 0 Å². The number of benzene rings is 4. The first kappa shape index (κ1) is 18.2. The highest BCUT2D eigenvalue weighted by molar-refractivity contribution is 5.97. The number of rotatable bonds is 0. The lowest BCUT2D eigenvalue weighted by Gasteiger charge is -2.40. The van der Waals surface area contributed by atoms with Gasteiger partial charge >= 0.3 is 0 Å². The van der Waals surface area contributed by atoms with Crippen LogP contribution in [-0.4, -0.2) is 4.98 Å². The predicted molar refractivity (Wildman–Crippen MR) is 141 cm³/mol. The van der Waals surface area contributed by atoms with Gasteiger partial charge in [0.2, 0.25) is 0 Å². The second-order valence-electron chi connectivity index (χ2n) is 10.3. The predicted octanol–water partition coefficient (Wildman–Crippen LogP) is 7.50. The second-order valence-corrected chi connectivity index (χ2v) is 10.3. The first-order valence-corrected chi connectivity index (χ1v) is 12.6. The van der Waals surface area contributed by atoms with E-state index in [0.717, 1.165) is 25.7 Å². The molecule has 2 nitrogen and oxygen atoms in total. The molecule has 0 radical (unpaired) electrons. The van der Waals surface area contributed by atoms with Crippen molar-refractivity contribution in [3.05, 3.63) is 130 Å². The third kappa shape index (κ3) is 2.23. The molecule has 0 amide bonds. The number of hydrogen-bond acceptors (Lipinski definition) is 2. The van der Waals surface area contributed by atoms with Crippen LogP contribution in [-0.2, 0) is 25.7 Å². The molecule has 2 aliphatic carbocycles. The van der Waals surface area contributed by atoms with Crippen LogP contribution in [0.25, 0.3) is 22.3 Å². The first-order valence-electron chi connectivity index (χ1n) is 12.6.